The van der Waals surface area contributed by atoms with E-state index >= 15 is 0 Å². The van der Waals surface area contributed by atoms with Crippen LogP contribution in [0.25, 0.3) is 0 Å². The summed E-state index contributed by atoms with van der Waals surface area (Å²) in [5.74, 6) is -0.453. The summed E-state index contributed by atoms with van der Waals surface area (Å²) in [6, 6.07) is 8.35. The summed E-state index contributed by atoms with van der Waals surface area (Å²) in [5.41, 5.74) is 0.457. The van der Waals surface area contributed by atoms with E-state index in [9.17, 15) is 14.2 Å². The largest absolute Gasteiger partial charge is 0.457 e. The Bertz CT molecular complexity index is 835. The minimum atomic E-state index is -3.72. The fraction of sp³-hybridized carbons (Fsp3) is 0.714. The van der Waals surface area contributed by atoms with Gasteiger partial charge in [-0.3, -0.25) is 9.36 Å². The van der Waals surface area contributed by atoms with Crippen molar-refractivity contribution in [3.05, 3.63) is 35.9 Å². The molecule has 1 saturated heterocycles. The van der Waals surface area contributed by atoms with Crippen LogP contribution in [-0.4, -0.2) is 42.1 Å². The highest BCUT2D eigenvalue weighted by Gasteiger charge is 2.38. The Morgan fingerprint density at radius 1 is 0.892 bits per heavy atom. The molecule has 0 bridgehead atoms. The number of hydrogen-bond acceptors (Lipinski definition) is 5. The Labute approximate surface area is 232 Å². The molecule has 1 fully saturated rings. The van der Waals surface area contributed by atoms with Crippen LogP contribution in [0.15, 0.2) is 30.3 Å². The summed E-state index contributed by atoms with van der Waals surface area (Å²) >= 11 is 11.1. The van der Waals surface area contributed by atoms with E-state index in [2.05, 4.69) is 6.92 Å². The van der Waals surface area contributed by atoms with Crippen molar-refractivity contribution >= 4 is 40.4 Å². The lowest BCUT2D eigenvalue weighted by atomic mass is 10.0. The minimum Gasteiger partial charge on any atom is -0.457 e. The SMILES string of the molecule is CCCCCCCCCCCCCCCC(=O)N1C[C@H](OC(=O)c2ccccc2)C[C@H]1COP(=O)(Cl)Cl. The highest BCUT2D eigenvalue weighted by Crippen LogP contribution is 2.57. The predicted octanol–water partition coefficient (Wildman–Crippen LogP) is 8.90. The van der Waals surface area contributed by atoms with Gasteiger partial charge in [-0.1, -0.05) is 102 Å². The van der Waals surface area contributed by atoms with E-state index in [1.165, 1.54) is 64.2 Å². The van der Waals surface area contributed by atoms with Gasteiger partial charge < -0.3 is 14.2 Å². The van der Waals surface area contributed by atoms with Crippen LogP contribution < -0.4 is 0 Å². The molecule has 6 nitrogen and oxygen atoms in total. The molecule has 37 heavy (non-hydrogen) atoms. The first-order valence-corrected chi connectivity index (χ1v) is 17.4. The summed E-state index contributed by atoms with van der Waals surface area (Å²) in [5, 5.41) is 0. The molecule has 1 aromatic carbocycles. The summed E-state index contributed by atoms with van der Waals surface area (Å²) in [4.78, 5) is 27.1. The zero-order valence-electron chi connectivity index (χ0n) is 22.3. The third-order valence-corrected chi connectivity index (χ3v) is 7.93. The number of likely N-dealkylation sites (tertiary alicyclic amines) is 1. The van der Waals surface area contributed by atoms with Crippen LogP contribution in [0, 0.1) is 0 Å². The molecule has 1 aromatic rings. The zero-order chi connectivity index (χ0) is 26.9. The van der Waals surface area contributed by atoms with Gasteiger partial charge in [0.2, 0.25) is 5.91 Å². The number of unbranched alkanes of at least 4 members (excludes halogenated alkanes) is 12. The Balaban J connectivity index is 1.68. The Morgan fingerprint density at radius 3 is 1.97 bits per heavy atom. The number of esters is 1. The lowest BCUT2D eigenvalue weighted by Crippen LogP contribution is -2.38. The molecular formula is C28H44Cl2NO5P. The molecule has 9 heteroatoms. The molecule has 0 radical (unpaired) electrons. The molecule has 0 saturated carbocycles. The van der Waals surface area contributed by atoms with Gasteiger partial charge in [-0.15, -0.1) is 0 Å². The van der Waals surface area contributed by atoms with E-state index < -0.39 is 24.2 Å². The topological polar surface area (TPSA) is 72.9 Å². The van der Waals surface area contributed by atoms with Crippen molar-refractivity contribution in [2.24, 2.45) is 0 Å². The summed E-state index contributed by atoms with van der Waals surface area (Å²) in [6.07, 6.45) is 12.8. The second kappa shape index (κ2) is 18.3. The third kappa shape index (κ3) is 14.0. The van der Waals surface area contributed by atoms with Gasteiger partial charge in [0.25, 0.3) is 0 Å². The quantitative estimate of drug-likeness (QED) is 0.0934. The standard InChI is InChI=1S/C28H44Cl2NO5P/c1-2-3-4-5-6-7-8-9-10-11-12-13-17-20-27(32)31-22-26(21-25(31)23-35-37(29,30)34)36-28(33)24-18-15-14-16-19-24/h14-16,18-19,25-26H,2-13,17,20-23H2,1H3/t25-,26+/m0/s1. The molecule has 2 rings (SSSR count). The molecule has 1 amide bonds. The van der Waals surface area contributed by atoms with E-state index in [1.807, 2.05) is 6.07 Å². The minimum absolute atomic E-state index is 0.0195. The first-order chi connectivity index (χ1) is 17.8. The van der Waals surface area contributed by atoms with Crippen LogP contribution in [0.2, 0.25) is 0 Å². The molecule has 210 valence electrons. The van der Waals surface area contributed by atoms with E-state index in [0.29, 0.717) is 18.4 Å². The van der Waals surface area contributed by atoms with Crippen LogP contribution in [-0.2, 0) is 18.6 Å². The number of halogens is 2. The van der Waals surface area contributed by atoms with Crippen LogP contribution in [0.5, 0.6) is 0 Å². The molecule has 0 aromatic heterocycles. The highest BCUT2D eigenvalue weighted by molar-refractivity contribution is 8.05. The highest BCUT2D eigenvalue weighted by atomic mass is 35.9. The number of hydrogen-bond donors (Lipinski definition) is 0. The van der Waals surface area contributed by atoms with Crippen LogP contribution in [0.4, 0.5) is 0 Å². The van der Waals surface area contributed by atoms with Crippen LogP contribution in [0.3, 0.4) is 0 Å². The summed E-state index contributed by atoms with van der Waals surface area (Å²) < 4.78 is 22.4. The lowest BCUT2D eigenvalue weighted by Gasteiger charge is -2.24. The molecule has 0 N–H and O–H groups in total. The number of ether oxygens (including phenoxy) is 1. The smallest absolute Gasteiger partial charge is 0.380 e. The number of carbonyl (C=O) groups excluding carboxylic acids is 2. The monoisotopic (exact) mass is 575 g/mol. The second-order valence-electron chi connectivity index (χ2n) is 10.0. The van der Waals surface area contributed by atoms with E-state index in [0.717, 1.165) is 19.3 Å². The number of benzene rings is 1. The third-order valence-electron chi connectivity index (χ3n) is 6.89. The van der Waals surface area contributed by atoms with Crippen molar-refractivity contribution < 1.29 is 23.4 Å². The molecule has 0 spiro atoms. The van der Waals surface area contributed by atoms with Gasteiger partial charge in [0.05, 0.1) is 24.8 Å². The lowest BCUT2D eigenvalue weighted by molar-refractivity contribution is -0.133. The molecule has 1 aliphatic heterocycles. The van der Waals surface area contributed by atoms with Crippen molar-refractivity contribution in [1.29, 1.82) is 0 Å². The van der Waals surface area contributed by atoms with Gasteiger partial charge in [0, 0.05) is 12.8 Å². The van der Waals surface area contributed by atoms with Gasteiger partial charge in [0.1, 0.15) is 6.10 Å². The molecule has 1 heterocycles. The maximum absolute atomic E-state index is 13.0. The maximum atomic E-state index is 13.0. The number of amides is 1. The van der Waals surface area contributed by atoms with E-state index in [4.69, 9.17) is 31.7 Å². The number of carbonyl (C=O) groups is 2. The summed E-state index contributed by atoms with van der Waals surface area (Å²) in [7, 11) is 0. The normalized spacial score (nSPS) is 17.8. The number of nitrogens with zero attached hydrogens (tertiary/aromatic N) is 1. The van der Waals surface area contributed by atoms with Gasteiger partial charge in [0.15, 0.2) is 0 Å². The number of rotatable bonds is 19. The van der Waals surface area contributed by atoms with Crippen molar-refractivity contribution in [2.45, 2.75) is 115 Å². The van der Waals surface area contributed by atoms with Crippen molar-refractivity contribution in [1.82, 2.24) is 4.90 Å². The molecule has 0 aliphatic carbocycles. The first-order valence-electron chi connectivity index (χ1n) is 14.0. The fourth-order valence-electron chi connectivity index (χ4n) is 4.83. The predicted molar refractivity (Wildman–Crippen MR) is 151 cm³/mol. The molecule has 2 atom stereocenters. The van der Waals surface area contributed by atoms with Gasteiger partial charge in [-0.2, -0.15) is 0 Å². The van der Waals surface area contributed by atoms with Gasteiger partial charge in [-0.05, 0) is 41.0 Å². The van der Waals surface area contributed by atoms with Crippen LogP contribution >= 0.6 is 28.6 Å². The molecule has 1 aliphatic rings. The first kappa shape index (κ1) is 32.1. The van der Waals surface area contributed by atoms with Crippen molar-refractivity contribution in [2.75, 3.05) is 13.2 Å². The Morgan fingerprint density at radius 2 is 1.43 bits per heavy atom. The van der Waals surface area contributed by atoms with E-state index in [1.54, 1.807) is 29.2 Å². The Hall–Kier alpha value is -1.07. The van der Waals surface area contributed by atoms with Gasteiger partial charge >= 0.3 is 12.0 Å². The van der Waals surface area contributed by atoms with E-state index in [-0.39, 0.29) is 19.1 Å². The maximum Gasteiger partial charge on any atom is 0.380 e. The molecular weight excluding hydrogens is 532 g/mol. The van der Waals surface area contributed by atoms with Crippen molar-refractivity contribution in [3.63, 3.8) is 0 Å². The average molecular weight is 577 g/mol. The Kier molecular flexibility index (Phi) is 15.9. The average Bonchev–Trinajstić information content (AvgIpc) is 3.28. The van der Waals surface area contributed by atoms with Crippen LogP contribution in [0.1, 0.15) is 114 Å². The fourth-order valence-corrected chi connectivity index (χ4v) is 5.51. The van der Waals surface area contributed by atoms with Crippen molar-refractivity contribution in [3.8, 4) is 0 Å². The summed E-state index contributed by atoms with van der Waals surface area (Å²) in [6.45, 7) is 2.46. The van der Waals surface area contributed by atoms with Gasteiger partial charge in [-0.25, -0.2) is 4.79 Å². The zero-order valence-corrected chi connectivity index (χ0v) is 24.7. The second-order valence-corrected chi connectivity index (χ2v) is 14.3. The molecule has 0 unspecified atom stereocenters.